The van der Waals surface area contributed by atoms with Crippen LogP contribution in [-0.2, 0) is 6.54 Å². The van der Waals surface area contributed by atoms with Crippen LogP contribution in [0, 0.1) is 12.3 Å². The quantitative estimate of drug-likeness (QED) is 0.504. The Balaban J connectivity index is 1.58. The van der Waals surface area contributed by atoms with Crippen LogP contribution in [0.15, 0.2) is 24.5 Å². The van der Waals surface area contributed by atoms with Crippen molar-refractivity contribution in [3.8, 4) is 5.75 Å². The number of ether oxygens (including phenoxy) is 1. The molecule has 2 fully saturated rings. The number of nitrogens with zero attached hydrogens (tertiary/aromatic N) is 4. The first-order valence-electron chi connectivity index (χ1n) is 12.1. The van der Waals surface area contributed by atoms with E-state index in [1.165, 1.54) is 0 Å². The molecule has 2 aromatic heterocycles. The Bertz CT molecular complexity index is 1310. The summed E-state index contributed by atoms with van der Waals surface area (Å²) in [5, 5.41) is 10.5. The lowest BCUT2D eigenvalue weighted by atomic mass is 9.59. The largest absolute Gasteiger partial charge is 0.496 e. The van der Waals surface area contributed by atoms with Crippen LogP contribution in [0.5, 0.6) is 5.75 Å². The second-order valence-corrected chi connectivity index (χ2v) is 10.5. The number of carboxylic acids is 1. The summed E-state index contributed by atoms with van der Waals surface area (Å²) in [6.45, 7) is 3.19. The number of carboxylic acid groups (broad SMARTS) is 1. The Hall–Kier alpha value is -3.27. The number of hydrogen-bond acceptors (Lipinski definition) is 6. The molecule has 1 aliphatic carbocycles. The molecule has 1 saturated heterocycles. The maximum Gasteiger partial charge on any atom is 0.374 e. The van der Waals surface area contributed by atoms with Crippen molar-refractivity contribution in [3.05, 3.63) is 47.0 Å². The lowest BCUT2D eigenvalue weighted by Crippen LogP contribution is -2.53. The number of nitrogens with one attached hydrogen (secondary N) is 1. The van der Waals surface area contributed by atoms with Crippen LogP contribution in [0.2, 0.25) is 0 Å². The number of anilines is 1. The molecule has 192 valence electrons. The first-order valence-corrected chi connectivity index (χ1v) is 12.1. The summed E-state index contributed by atoms with van der Waals surface area (Å²) in [4.78, 5) is 27.3. The SMILES string of the molecule is COc1cc(C)c2[nH]ccc2c1CN1CCC2(CC1c1cnc(C(=O)O)nc1N(C)C)CC(F)(F)C2. The molecule has 1 aliphatic heterocycles. The van der Waals surface area contributed by atoms with E-state index in [1.807, 2.05) is 25.3 Å². The molecule has 0 amide bonds. The highest BCUT2D eigenvalue weighted by atomic mass is 19.3. The molecule has 3 aromatic rings. The fraction of sp³-hybridized carbons (Fsp3) is 0.500. The van der Waals surface area contributed by atoms with Crippen LogP contribution in [0.25, 0.3) is 10.9 Å². The van der Waals surface area contributed by atoms with Crippen molar-refractivity contribution in [2.24, 2.45) is 5.41 Å². The number of alkyl halides is 2. The molecule has 3 heterocycles. The summed E-state index contributed by atoms with van der Waals surface area (Å²) in [7, 11) is 5.24. The molecule has 2 aliphatic rings. The average Bonchev–Trinajstić information content (AvgIpc) is 3.30. The number of piperidine rings is 1. The van der Waals surface area contributed by atoms with Gasteiger partial charge in [-0.05, 0) is 49.4 Å². The predicted octanol–water partition coefficient (Wildman–Crippen LogP) is 4.79. The molecule has 0 bridgehead atoms. The number of methoxy groups -OCH3 is 1. The zero-order valence-corrected chi connectivity index (χ0v) is 20.9. The smallest absolute Gasteiger partial charge is 0.374 e. The van der Waals surface area contributed by atoms with E-state index in [-0.39, 0.29) is 24.7 Å². The van der Waals surface area contributed by atoms with Crippen LogP contribution in [0.1, 0.15) is 59.0 Å². The highest BCUT2D eigenvalue weighted by molar-refractivity contribution is 5.88. The van der Waals surface area contributed by atoms with Crippen LogP contribution >= 0.6 is 0 Å². The van der Waals surface area contributed by atoms with E-state index >= 15 is 0 Å². The lowest BCUT2D eigenvalue weighted by Gasteiger charge is -2.54. The molecule has 2 N–H and O–H groups in total. The fourth-order valence-corrected chi connectivity index (χ4v) is 6.10. The van der Waals surface area contributed by atoms with Crippen molar-refractivity contribution in [2.45, 2.75) is 51.1 Å². The second kappa shape index (κ2) is 8.69. The van der Waals surface area contributed by atoms with Gasteiger partial charge in [-0.2, -0.15) is 0 Å². The van der Waals surface area contributed by atoms with Gasteiger partial charge in [0.05, 0.1) is 7.11 Å². The third-order valence-corrected chi connectivity index (χ3v) is 7.73. The van der Waals surface area contributed by atoms with E-state index in [1.54, 1.807) is 32.3 Å². The topological polar surface area (TPSA) is 94.6 Å². The molecular formula is C26H31F2N5O3. The molecule has 1 atom stereocenters. The molecule has 1 unspecified atom stereocenters. The number of hydrogen-bond donors (Lipinski definition) is 2. The molecular weight excluding hydrogens is 468 g/mol. The fourth-order valence-electron chi connectivity index (χ4n) is 6.10. The van der Waals surface area contributed by atoms with E-state index < -0.39 is 17.3 Å². The molecule has 1 spiro atoms. The zero-order valence-electron chi connectivity index (χ0n) is 20.9. The number of aryl methyl sites for hydroxylation is 1. The van der Waals surface area contributed by atoms with E-state index in [0.29, 0.717) is 31.7 Å². The lowest BCUT2D eigenvalue weighted by molar-refractivity contribution is -0.186. The number of aromatic nitrogens is 3. The van der Waals surface area contributed by atoms with E-state index in [2.05, 4.69) is 19.9 Å². The van der Waals surface area contributed by atoms with Crippen molar-refractivity contribution >= 4 is 22.7 Å². The predicted molar refractivity (Wildman–Crippen MR) is 132 cm³/mol. The minimum atomic E-state index is -2.63. The van der Waals surface area contributed by atoms with Gasteiger partial charge in [0.25, 0.3) is 0 Å². The molecule has 36 heavy (non-hydrogen) atoms. The number of fused-ring (bicyclic) bond motifs is 1. The minimum absolute atomic E-state index is 0.119. The summed E-state index contributed by atoms with van der Waals surface area (Å²) in [6, 6.07) is 3.79. The number of H-pyrrole nitrogens is 1. The van der Waals surface area contributed by atoms with Gasteiger partial charge in [0.15, 0.2) is 0 Å². The molecule has 5 rings (SSSR count). The normalized spacial score (nSPS) is 20.9. The summed E-state index contributed by atoms with van der Waals surface area (Å²) in [5.41, 5.74) is 3.44. The van der Waals surface area contributed by atoms with Gasteiger partial charge in [-0.15, -0.1) is 0 Å². The van der Waals surface area contributed by atoms with Gasteiger partial charge >= 0.3 is 5.97 Å². The maximum atomic E-state index is 14.0. The van der Waals surface area contributed by atoms with Crippen molar-refractivity contribution < 1.29 is 23.4 Å². The summed E-state index contributed by atoms with van der Waals surface area (Å²) < 4.78 is 33.8. The Labute approximate surface area is 208 Å². The van der Waals surface area contributed by atoms with Gasteiger partial charge < -0.3 is 19.7 Å². The van der Waals surface area contributed by atoms with Gasteiger partial charge in [0, 0.05) is 73.9 Å². The van der Waals surface area contributed by atoms with Crippen molar-refractivity contribution in [1.29, 1.82) is 0 Å². The Kier molecular flexibility index (Phi) is 5.89. The van der Waals surface area contributed by atoms with Crippen LogP contribution in [0.4, 0.5) is 14.6 Å². The van der Waals surface area contributed by atoms with Gasteiger partial charge in [0.2, 0.25) is 11.7 Å². The van der Waals surface area contributed by atoms with Gasteiger partial charge in [0.1, 0.15) is 11.6 Å². The first-order chi connectivity index (χ1) is 17.0. The van der Waals surface area contributed by atoms with E-state index in [4.69, 9.17) is 4.74 Å². The minimum Gasteiger partial charge on any atom is -0.496 e. The standard InChI is InChI=1S/C26H31F2N5O3/c1-15-9-20(36-4)18(16-5-7-29-21(15)16)12-33-8-6-25(13-26(27,28)14-25)10-19(33)17-11-30-22(24(34)35)31-23(17)32(2)3/h5,7,9,11,19,29H,6,8,10,12-14H2,1-4H3,(H,34,35). The van der Waals surface area contributed by atoms with E-state index in [0.717, 1.165) is 33.3 Å². The Morgan fingerprint density at radius 2 is 2.11 bits per heavy atom. The number of likely N-dealkylation sites (tertiary alicyclic amines) is 1. The monoisotopic (exact) mass is 499 g/mol. The molecule has 8 nitrogen and oxygen atoms in total. The van der Waals surface area contributed by atoms with Crippen LogP contribution < -0.4 is 9.64 Å². The van der Waals surface area contributed by atoms with Gasteiger partial charge in [-0.3, -0.25) is 4.90 Å². The number of aromatic carboxylic acids is 1. The number of rotatable bonds is 6. The maximum absolute atomic E-state index is 14.0. The second-order valence-electron chi connectivity index (χ2n) is 10.5. The molecule has 1 saturated carbocycles. The van der Waals surface area contributed by atoms with Gasteiger partial charge in [-0.1, -0.05) is 0 Å². The van der Waals surface area contributed by atoms with Crippen LogP contribution in [0.3, 0.4) is 0 Å². The van der Waals surface area contributed by atoms with Crippen LogP contribution in [-0.4, -0.2) is 64.6 Å². The third-order valence-electron chi connectivity index (χ3n) is 7.73. The first kappa shape index (κ1) is 24.4. The average molecular weight is 500 g/mol. The number of halogens is 2. The Morgan fingerprint density at radius 3 is 2.75 bits per heavy atom. The summed E-state index contributed by atoms with van der Waals surface area (Å²) >= 11 is 0. The highest BCUT2D eigenvalue weighted by Gasteiger charge is 2.58. The van der Waals surface area contributed by atoms with Crippen molar-refractivity contribution in [3.63, 3.8) is 0 Å². The van der Waals surface area contributed by atoms with Gasteiger partial charge in [-0.25, -0.2) is 23.5 Å². The zero-order chi connectivity index (χ0) is 25.8. The molecule has 1 aromatic carbocycles. The van der Waals surface area contributed by atoms with Crippen molar-refractivity contribution in [2.75, 3.05) is 32.6 Å². The summed E-state index contributed by atoms with van der Waals surface area (Å²) in [6.07, 6.45) is 4.43. The number of carbonyl (C=O) groups is 1. The molecule has 10 heteroatoms. The molecule has 0 radical (unpaired) electrons. The number of benzene rings is 1. The van der Waals surface area contributed by atoms with Crippen molar-refractivity contribution in [1.82, 2.24) is 19.9 Å². The number of aromatic amines is 1. The Morgan fingerprint density at radius 1 is 1.36 bits per heavy atom. The third kappa shape index (κ3) is 4.17. The highest BCUT2D eigenvalue weighted by Crippen LogP contribution is 2.61. The van der Waals surface area contributed by atoms with E-state index in [9.17, 15) is 18.7 Å². The summed E-state index contributed by atoms with van der Waals surface area (Å²) in [5.74, 6) is -2.86.